The minimum absolute atomic E-state index is 0.170. The molecule has 1 aromatic rings. The Balaban J connectivity index is 1.75. The van der Waals surface area contributed by atoms with Crippen molar-refractivity contribution in [3.63, 3.8) is 0 Å². The van der Waals surface area contributed by atoms with Gasteiger partial charge in [0.25, 0.3) is 5.69 Å². The van der Waals surface area contributed by atoms with Gasteiger partial charge in [-0.15, -0.1) is 0 Å². The van der Waals surface area contributed by atoms with E-state index in [1.165, 1.54) is 12.8 Å². The van der Waals surface area contributed by atoms with Gasteiger partial charge in [-0.25, -0.2) is 0 Å². The third-order valence-corrected chi connectivity index (χ3v) is 3.93. The molecule has 0 radical (unpaired) electrons. The molecule has 2 unspecified atom stereocenters. The van der Waals surface area contributed by atoms with Crippen LogP contribution in [-0.2, 0) is 0 Å². The second-order valence-corrected chi connectivity index (χ2v) is 5.22. The van der Waals surface area contributed by atoms with Gasteiger partial charge in [0, 0.05) is 24.2 Å². The Kier molecular flexibility index (Phi) is 2.91. The van der Waals surface area contributed by atoms with E-state index >= 15 is 0 Å². The van der Waals surface area contributed by atoms with Crippen LogP contribution in [0.5, 0.6) is 0 Å². The molecule has 2 saturated heterocycles. The summed E-state index contributed by atoms with van der Waals surface area (Å²) in [7, 11) is 0. The van der Waals surface area contributed by atoms with Gasteiger partial charge in [-0.05, 0) is 31.7 Å². The summed E-state index contributed by atoms with van der Waals surface area (Å²) < 4.78 is 0. The molecule has 0 aliphatic carbocycles. The standard InChI is InChI=1S/C13H17N3O2/c17-16(18)13-4-2-1-3-12(13)15-11-7-9-5-6-10(8-11)14-9/h1-4,9-11,14-15H,5-8H2. The minimum Gasteiger partial charge on any atom is -0.377 e. The average molecular weight is 247 g/mol. The SMILES string of the molecule is O=[N+]([O-])c1ccccc1NC1CC2CCC(C1)N2. The average Bonchev–Trinajstić information content (AvgIpc) is 2.69. The maximum atomic E-state index is 11.0. The van der Waals surface area contributed by atoms with Crippen molar-refractivity contribution in [3.05, 3.63) is 34.4 Å². The van der Waals surface area contributed by atoms with Gasteiger partial charge in [-0.2, -0.15) is 0 Å². The van der Waals surface area contributed by atoms with Gasteiger partial charge in [0.05, 0.1) is 4.92 Å². The van der Waals surface area contributed by atoms with Gasteiger partial charge >= 0.3 is 0 Å². The molecule has 1 aromatic carbocycles. The first-order valence-corrected chi connectivity index (χ1v) is 6.48. The summed E-state index contributed by atoms with van der Waals surface area (Å²) in [5.41, 5.74) is 0.817. The van der Waals surface area contributed by atoms with Crippen molar-refractivity contribution >= 4 is 11.4 Å². The molecule has 2 N–H and O–H groups in total. The summed E-state index contributed by atoms with van der Waals surface area (Å²) in [5.74, 6) is 0. The summed E-state index contributed by atoms with van der Waals surface area (Å²) in [6.45, 7) is 0. The minimum atomic E-state index is -0.321. The molecule has 0 aromatic heterocycles. The van der Waals surface area contributed by atoms with Crippen molar-refractivity contribution in [2.24, 2.45) is 0 Å². The second kappa shape index (κ2) is 4.57. The molecule has 96 valence electrons. The molecule has 2 atom stereocenters. The van der Waals surface area contributed by atoms with Crippen LogP contribution in [0.2, 0.25) is 0 Å². The van der Waals surface area contributed by atoms with Crippen LogP contribution < -0.4 is 10.6 Å². The highest BCUT2D eigenvalue weighted by atomic mass is 16.6. The molecular weight excluding hydrogens is 230 g/mol. The number of nitro groups is 1. The van der Waals surface area contributed by atoms with Crippen molar-refractivity contribution in [2.45, 2.75) is 43.8 Å². The van der Waals surface area contributed by atoms with E-state index in [4.69, 9.17) is 0 Å². The molecule has 2 aliphatic rings. The molecule has 2 fully saturated rings. The van der Waals surface area contributed by atoms with E-state index in [9.17, 15) is 10.1 Å². The van der Waals surface area contributed by atoms with Crippen LogP contribution in [0.25, 0.3) is 0 Å². The number of piperidine rings is 1. The van der Waals surface area contributed by atoms with Crippen molar-refractivity contribution in [2.75, 3.05) is 5.32 Å². The zero-order valence-electron chi connectivity index (χ0n) is 10.1. The monoisotopic (exact) mass is 247 g/mol. The van der Waals surface area contributed by atoms with Crippen LogP contribution in [0.4, 0.5) is 11.4 Å². The number of nitrogens with zero attached hydrogens (tertiary/aromatic N) is 1. The van der Waals surface area contributed by atoms with Crippen molar-refractivity contribution in [1.29, 1.82) is 0 Å². The molecule has 3 rings (SSSR count). The summed E-state index contributed by atoms with van der Waals surface area (Å²) in [4.78, 5) is 10.6. The zero-order chi connectivity index (χ0) is 12.5. The number of para-hydroxylation sites is 2. The summed E-state index contributed by atoms with van der Waals surface area (Å²) >= 11 is 0. The van der Waals surface area contributed by atoms with Crippen LogP contribution in [0.3, 0.4) is 0 Å². The number of rotatable bonds is 3. The number of hydrogen-bond donors (Lipinski definition) is 2. The quantitative estimate of drug-likeness (QED) is 0.635. The van der Waals surface area contributed by atoms with Crippen molar-refractivity contribution < 1.29 is 4.92 Å². The van der Waals surface area contributed by atoms with E-state index in [2.05, 4.69) is 10.6 Å². The first-order chi connectivity index (χ1) is 8.72. The van der Waals surface area contributed by atoms with Gasteiger partial charge in [0.15, 0.2) is 0 Å². The molecule has 0 spiro atoms. The third kappa shape index (κ3) is 2.18. The van der Waals surface area contributed by atoms with E-state index < -0.39 is 0 Å². The Morgan fingerprint density at radius 2 is 1.89 bits per heavy atom. The first kappa shape index (κ1) is 11.5. The highest BCUT2D eigenvalue weighted by Gasteiger charge is 2.33. The summed E-state index contributed by atoms with van der Waals surface area (Å²) in [5, 5.41) is 17.9. The van der Waals surface area contributed by atoms with Gasteiger partial charge in [0.1, 0.15) is 5.69 Å². The van der Waals surface area contributed by atoms with Gasteiger partial charge in [-0.1, -0.05) is 12.1 Å². The Morgan fingerprint density at radius 3 is 2.56 bits per heavy atom. The number of fused-ring (bicyclic) bond motifs is 2. The lowest BCUT2D eigenvalue weighted by Gasteiger charge is -2.30. The molecule has 0 amide bonds. The van der Waals surface area contributed by atoms with Crippen LogP contribution in [-0.4, -0.2) is 23.0 Å². The number of benzene rings is 1. The Morgan fingerprint density at radius 1 is 1.22 bits per heavy atom. The van der Waals surface area contributed by atoms with Crippen molar-refractivity contribution in [1.82, 2.24) is 5.32 Å². The van der Waals surface area contributed by atoms with Crippen LogP contribution in [0.1, 0.15) is 25.7 Å². The summed E-state index contributed by atoms with van der Waals surface area (Å²) in [6, 6.07) is 8.42. The lowest BCUT2D eigenvalue weighted by molar-refractivity contribution is -0.384. The lowest BCUT2D eigenvalue weighted by Crippen LogP contribution is -2.43. The van der Waals surface area contributed by atoms with E-state index in [-0.39, 0.29) is 10.6 Å². The fourth-order valence-corrected chi connectivity index (χ4v) is 3.15. The predicted molar refractivity (Wildman–Crippen MR) is 69.7 cm³/mol. The topological polar surface area (TPSA) is 67.2 Å². The maximum Gasteiger partial charge on any atom is 0.292 e. The number of nitrogens with one attached hydrogen (secondary N) is 2. The fraction of sp³-hybridized carbons (Fsp3) is 0.538. The van der Waals surface area contributed by atoms with E-state index in [1.54, 1.807) is 18.2 Å². The molecular formula is C13H17N3O2. The Hall–Kier alpha value is -1.62. The van der Waals surface area contributed by atoms with Crippen LogP contribution in [0.15, 0.2) is 24.3 Å². The number of nitro benzene ring substituents is 1. The van der Waals surface area contributed by atoms with Gasteiger partial charge in [0.2, 0.25) is 0 Å². The predicted octanol–water partition coefficient (Wildman–Crippen LogP) is 2.29. The third-order valence-electron chi connectivity index (χ3n) is 3.93. The normalized spacial score (nSPS) is 30.1. The molecule has 2 heterocycles. The van der Waals surface area contributed by atoms with Crippen molar-refractivity contribution in [3.8, 4) is 0 Å². The Labute approximate surface area is 106 Å². The largest absolute Gasteiger partial charge is 0.377 e. The molecule has 2 bridgehead atoms. The highest BCUT2D eigenvalue weighted by molar-refractivity contribution is 5.61. The van der Waals surface area contributed by atoms with E-state index in [0.717, 1.165) is 12.8 Å². The second-order valence-electron chi connectivity index (χ2n) is 5.22. The molecule has 0 saturated carbocycles. The fourth-order valence-electron chi connectivity index (χ4n) is 3.15. The summed E-state index contributed by atoms with van der Waals surface area (Å²) in [6.07, 6.45) is 4.59. The van der Waals surface area contributed by atoms with E-state index in [1.807, 2.05) is 6.07 Å². The lowest BCUT2D eigenvalue weighted by atomic mass is 9.99. The zero-order valence-corrected chi connectivity index (χ0v) is 10.1. The molecule has 2 aliphatic heterocycles. The van der Waals surface area contributed by atoms with Gasteiger partial charge in [-0.3, -0.25) is 10.1 Å². The van der Waals surface area contributed by atoms with E-state index in [0.29, 0.717) is 23.8 Å². The molecule has 5 heteroatoms. The smallest absolute Gasteiger partial charge is 0.292 e. The number of hydrogen-bond acceptors (Lipinski definition) is 4. The van der Waals surface area contributed by atoms with Crippen LogP contribution >= 0.6 is 0 Å². The maximum absolute atomic E-state index is 11.0. The highest BCUT2D eigenvalue weighted by Crippen LogP contribution is 2.31. The van der Waals surface area contributed by atoms with Crippen LogP contribution in [0, 0.1) is 10.1 Å². The number of anilines is 1. The molecule has 5 nitrogen and oxygen atoms in total. The Bertz CT molecular complexity index is 451. The van der Waals surface area contributed by atoms with Gasteiger partial charge < -0.3 is 10.6 Å². The first-order valence-electron chi connectivity index (χ1n) is 6.48. The molecule has 18 heavy (non-hydrogen) atoms.